The molecule has 0 aliphatic rings. The molecule has 4 heteroatoms. The predicted octanol–water partition coefficient (Wildman–Crippen LogP) is 6.65. The van der Waals surface area contributed by atoms with Crippen molar-refractivity contribution in [2.45, 2.75) is 73.5 Å². The number of allylic oxidation sites excluding steroid dienone is 9. The molecule has 4 nitrogen and oxygen atoms in total. The molecule has 0 aliphatic carbocycles. The molecule has 37 heavy (non-hydrogen) atoms. The van der Waals surface area contributed by atoms with E-state index in [0.717, 1.165) is 29.6 Å². The second kappa shape index (κ2) is 17.5. The first-order valence-electron chi connectivity index (χ1n) is 13.2. The summed E-state index contributed by atoms with van der Waals surface area (Å²) in [7, 11) is 0. The quantitative estimate of drug-likeness (QED) is 0.151. The van der Waals surface area contributed by atoms with Crippen LogP contribution in [0.25, 0.3) is 0 Å². The highest BCUT2D eigenvalue weighted by atomic mass is 16.3. The van der Waals surface area contributed by atoms with Gasteiger partial charge in [0.1, 0.15) is 0 Å². The molecule has 1 rings (SSSR count). The molecule has 0 fully saturated rings. The first kappa shape index (κ1) is 32.1. The summed E-state index contributed by atoms with van der Waals surface area (Å²) in [5.74, 6) is 0.234. The average Bonchev–Trinajstić information content (AvgIpc) is 2.86. The Labute approximate surface area is 224 Å². The number of carbonyl (C=O) groups excluding carboxylic acids is 1. The van der Waals surface area contributed by atoms with E-state index >= 15 is 0 Å². The summed E-state index contributed by atoms with van der Waals surface area (Å²) in [6.07, 6.45) is 17.4. The summed E-state index contributed by atoms with van der Waals surface area (Å²) < 4.78 is 0. The van der Waals surface area contributed by atoms with Crippen molar-refractivity contribution in [3.8, 4) is 0 Å². The van der Waals surface area contributed by atoms with Gasteiger partial charge in [-0.05, 0) is 64.5 Å². The molecule has 0 saturated heterocycles. The number of aliphatic hydroxyl groups is 2. The largest absolute Gasteiger partial charge is 0.394 e. The van der Waals surface area contributed by atoms with Gasteiger partial charge in [-0.2, -0.15) is 0 Å². The molecular weight excluding hydrogens is 458 g/mol. The normalized spacial score (nSPS) is 17.2. The Morgan fingerprint density at radius 3 is 2.27 bits per heavy atom. The Balaban J connectivity index is 2.63. The molecule has 0 unspecified atom stereocenters. The van der Waals surface area contributed by atoms with Crippen molar-refractivity contribution in [3.63, 3.8) is 0 Å². The number of benzene rings is 1. The SMILES string of the molecule is CC(/C=C\C=C\C=C(/C)C(=O)N[C@@H](C)CO)=C\C(C)=C\[C@@H](C)[C@@H](O)/C(C)=C/[C@@H](C)CCc1ccccc1. The van der Waals surface area contributed by atoms with Crippen molar-refractivity contribution >= 4 is 5.91 Å². The Hall–Kier alpha value is -2.95. The maximum absolute atomic E-state index is 11.9. The van der Waals surface area contributed by atoms with E-state index in [-0.39, 0.29) is 24.5 Å². The van der Waals surface area contributed by atoms with Crippen molar-refractivity contribution in [2.24, 2.45) is 11.8 Å². The number of rotatable bonds is 14. The van der Waals surface area contributed by atoms with Crippen LogP contribution in [0, 0.1) is 11.8 Å². The van der Waals surface area contributed by atoms with E-state index in [1.165, 1.54) is 5.56 Å². The first-order chi connectivity index (χ1) is 17.5. The number of carbonyl (C=O) groups is 1. The van der Waals surface area contributed by atoms with Crippen LogP contribution in [0.15, 0.2) is 101 Å². The van der Waals surface area contributed by atoms with E-state index < -0.39 is 6.10 Å². The van der Waals surface area contributed by atoms with Gasteiger partial charge >= 0.3 is 0 Å². The molecule has 4 atom stereocenters. The third kappa shape index (κ3) is 13.8. The van der Waals surface area contributed by atoms with Crippen LogP contribution in [0.4, 0.5) is 0 Å². The van der Waals surface area contributed by atoms with Gasteiger partial charge in [0.2, 0.25) is 5.91 Å². The van der Waals surface area contributed by atoms with Crippen LogP contribution in [0.1, 0.15) is 60.5 Å². The van der Waals surface area contributed by atoms with Gasteiger partial charge in [-0.1, -0.05) is 104 Å². The zero-order valence-electron chi connectivity index (χ0n) is 23.7. The van der Waals surface area contributed by atoms with Crippen LogP contribution in [0.2, 0.25) is 0 Å². The lowest BCUT2D eigenvalue weighted by Gasteiger charge is -2.19. The molecule has 0 bridgehead atoms. The van der Waals surface area contributed by atoms with Gasteiger partial charge in [-0.15, -0.1) is 0 Å². The van der Waals surface area contributed by atoms with Gasteiger partial charge < -0.3 is 15.5 Å². The van der Waals surface area contributed by atoms with Crippen LogP contribution in [0.5, 0.6) is 0 Å². The molecule has 1 amide bonds. The third-order valence-electron chi connectivity index (χ3n) is 6.16. The smallest absolute Gasteiger partial charge is 0.247 e. The molecule has 0 aliphatic heterocycles. The molecule has 0 aromatic heterocycles. The second-order valence-corrected chi connectivity index (χ2v) is 10.2. The highest BCUT2D eigenvalue weighted by molar-refractivity contribution is 5.93. The van der Waals surface area contributed by atoms with Gasteiger partial charge in [0, 0.05) is 17.5 Å². The van der Waals surface area contributed by atoms with Crippen LogP contribution in [-0.2, 0) is 11.2 Å². The van der Waals surface area contributed by atoms with Gasteiger partial charge in [0.25, 0.3) is 0 Å². The molecular formula is C33H47NO3. The molecule has 1 aromatic carbocycles. The van der Waals surface area contributed by atoms with Crippen molar-refractivity contribution < 1.29 is 15.0 Å². The van der Waals surface area contributed by atoms with Crippen LogP contribution in [0.3, 0.4) is 0 Å². The topological polar surface area (TPSA) is 69.6 Å². The standard InChI is InChI=1S/C33H47NO3/c1-24(14-10-8-11-15-27(4)33(37)34-30(7)23-35)20-26(3)22-29(6)32(36)28(5)21-25(2)18-19-31-16-12-9-13-17-31/h8-17,20-22,25,29-30,32,35-36H,18-19,23H2,1-7H3,(H,34,37)/b11-8+,14-10-,24-20+,26-22+,27-15+,28-21+/t25-,29+,30-,32-/m0/s1. The minimum absolute atomic E-state index is 0.0123. The Morgan fingerprint density at radius 2 is 1.62 bits per heavy atom. The highest BCUT2D eigenvalue weighted by Gasteiger charge is 2.15. The predicted molar refractivity (Wildman–Crippen MR) is 157 cm³/mol. The number of aliphatic hydroxyl groups excluding tert-OH is 2. The van der Waals surface area contributed by atoms with Crippen molar-refractivity contribution in [2.75, 3.05) is 6.61 Å². The number of hydrogen-bond acceptors (Lipinski definition) is 3. The summed E-state index contributed by atoms with van der Waals surface area (Å²) in [6.45, 7) is 13.8. The lowest BCUT2D eigenvalue weighted by Crippen LogP contribution is -2.35. The van der Waals surface area contributed by atoms with Crippen LogP contribution < -0.4 is 5.32 Å². The fourth-order valence-corrected chi connectivity index (χ4v) is 3.98. The summed E-state index contributed by atoms with van der Waals surface area (Å²) >= 11 is 0. The minimum Gasteiger partial charge on any atom is -0.394 e. The average molecular weight is 506 g/mol. The molecule has 0 heterocycles. The van der Waals surface area contributed by atoms with E-state index in [1.807, 2.05) is 51.1 Å². The zero-order chi connectivity index (χ0) is 27.8. The third-order valence-corrected chi connectivity index (χ3v) is 6.16. The van der Waals surface area contributed by atoms with Crippen molar-refractivity contribution in [1.82, 2.24) is 5.32 Å². The van der Waals surface area contributed by atoms with Gasteiger partial charge in [-0.3, -0.25) is 4.79 Å². The van der Waals surface area contributed by atoms with Gasteiger partial charge in [0.15, 0.2) is 0 Å². The second-order valence-electron chi connectivity index (χ2n) is 10.2. The van der Waals surface area contributed by atoms with E-state index in [0.29, 0.717) is 11.5 Å². The van der Waals surface area contributed by atoms with Crippen LogP contribution >= 0.6 is 0 Å². The lowest BCUT2D eigenvalue weighted by molar-refractivity contribution is -0.118. The fraction of sp³-hybridized carbons (Fsp3) is 0.424. The van der Waals surface area contributed by atoms with E-state index in [2.05, 4.69) is 61.7 Å². The molecule has 3 N–H and O–H groups in total. The monoisotopic (exact) mass is 505 g/mol. The Morgan fingerprint density at radius 1 is 0.946 bits per heavy atom. The molecule has 1 aromatic rings. The number of amides is 1. The van der Waals surface area contributed by atoms with Gasteiger partial charge in [0.05, 0.1) is 12.7 Å². The van der Waals surface area contributed by atoms with E-state index in [4.69, 9.17) is 5.11 Å². The molecule has 0 radical (unpaired) electrons. The maximum atomic E-state index is 11.9. The number of hydrogen-bond donors (Lipinski definition) is 3. The maximum Gasteiger partial charge on any atom is 0.247 e. The van der Waals surface area contributed by atoms with Crippen molar-refractivity contribution in [3.05, 3.63) is 107 Å². The molecule has 202 valence electrons. The minimum atomic E-state index is -0.506. The molecule has 0 spiro atoms. The summed E-state index contributed by atoms with van der Waals surface area (Å²) in [5.41, 5.74) is 5.15. The zero-order valence-corrected chi connectivity index (χ0v) is 23.7. The highest BCUT2D eigenvalue weighted by Crippen LogP contribution is 2.20. The summed E-state index contributed by atoms with van der Waals surface area (Å²) in [6, 6.07) is 10.3. The fourth-order valence-electron chi connectivity index (χ4n) is 3.98. The van der Waals surface area contributed by atoms with Gasteiger partial charge in [-0.25, -0.2) is 0 Å². The number of aryl methyl sites for hydroxylation is 1. The summed E-state index contributed by atoms with van der Waals surface area (Å²) in [5, 5.41) is 22.6. The number of nitrogens with one attached hydrogen (secondary N) is 1. The van der Waals surface area contributed by atoms with E-state index in [1.54, 1.807) is 19.9 Å². The van der Waals surface area contributed by atoms with E-state index in [9.17, 15) is 9.90 Å². The lowest BCUT2D eigenvalue weighted by atomic mass is 9.92. The Bertz CT molecular complexity index is 1010. The molecule has 0 saturated carbocycles. The summed E-state index contributed by atoms with van der Waals surface area (Å²) in [4.78, 5) is 11.9. The van der Waals surface area contributed by atoms with Crippen molar-refractivity contribution in [1.29, 1.82) is 0 Å². The first-order valence-corrected chi connectivity index (χ1v) is 13.2. The Kier molecular flexibility index (Phi) is 15.2. The van der Waals surface area contributed by atoms with Crippen LogP contribution in [-0.4, -0.2) is 34.9 Å².